The van der Waals surface area contributed by atoms with Crippen LogP contribution >= 0.6 is 0 Å². The molecule has 21 heavy (non-hydrogen) atoms. The first kappa shape index (κ1) is 13.2. The van der Waals surface area contributed by atoms with Crippen molar-refractivity contribution in [2.24, 2.45) is 0 Å². The number of fused-ring (bicyclic) bond motifs is 1. The third-order valence-corrected chi connectivity index (χ3v) is 2.99. The number of aromatic nitrogens is 2. The van der Waals surface area contributed by atoms with Crippen molar-refractivity contribution < 1.29 is 23.1 Å². The second-order valence-corrected chi connectivity index (χ2v) is 4.36. The number of aromatic carboxylic acids is 1. The largest absolute Gasteiger partial charge is 0.478 e. The van der Waals surface area contributed by atoms with Gasteiger partial charge >= 0.3 is 5.97 Å². The number of benzene rings is 2. The van der Waals surface area contributed by atoms with Crippen LogP contribution in [-0.4, -0.2) is 21.0 Å². The zero-order chi connectivity index (χ0) is 15.1. The molecule has 0 saturated carbocycles. The van der Waals surface area contributed by atoms with Crippen LogP contribution in [0.4, 0.5) is 13.2 Å². The van der Waals surface area contributed by atoms with Crippen molar-refractivity contribution in [2.45, 2.75) is 0 Å². The molecule has 1 heterocycles. The number of carboxylic acids is 1. The van der Waals surface area contributed by atoms with E-state index < -0.39 is 29.0 Å². The molecule has 0 aliphatic carbocycles. The van der Waals surface area contributed by atoms with E-state index in [4.69, 9.17) is 5.11 Å². The maximum Gasteiger partial charge on any atom is 0.336 e. The minimum atomic E-state index is -1.42. The number of rotatable bonds is 2. The third-order valence-electron chi connectivity index (χ3n) is 2.99. The third kappa shape index (κ3) is 2.22. The van der Waals surface area contributed by atoms with Gasteiger partial charge in [-0.2, -0.15) is 0 Å². The Bertz CT molecular complexity index is 874. The summed E-state index contributed by atoms with van der Waals surface area (Å²) in [5.74, 6) is -4.36. The summed E-state index contributed by atoms with van der Waals surface area (Å²) in [5.41, 5.74) is 0.157. The van der Waals surface area contributed by atoms with Gasteiger partial charge < -0.3 is 10.1 Å². The lowest BCUT2D eigenvalue weighted by Crippen LogP contribution is -2.03. The molecule has 0 amide bonds. The van der Waals surface area contributed by atoms with Crippen LogP contribution in [0, 0.1) is 17.5 Å². The van der Waals surface area contributed by atoms with Crippen molar-refractivity contribution in [3.05, 3.63) is 53.3 Å². The van der Waals surface area contributed by atoms with Crippen molar-refractivity contribution in [1.29, 1.82) is 0 Å². The van der Waals surface area contributed by atoms with Crippen LogP contribution in [0.3, 0.4) is 0 Å². The number of H-pyrrole nitrogens is 1. The Balaban J connectivity index is 2.26. The molecule has 7 heteroatoms. The molecule has 4 nitrogen and oxygen atoms in total. The molecule has 0 aliphatic heterocycles. The highest BCUT2D eigenvalue weighted by molar-refractivity contribution is 5.96. The molecule has 0 spiro atoms. The molecule has 2 N–H and O–H groups in total. The first-order valence-electron chi connectivity index (χ1n) is 5.83. The van der Waals surface area contributed by atoms with Crippen molar-refractivity contribution in [3.63, 3.8) is 0 Å². The molecule has 106 valence electrons. The van der Waals surface area contributed by atoms with Crippen LogP contribution in [0.15, 0.2) is 30.3 Å². The molecule has 0 atom stereocenters. The van der Waals surface area contributed by atoms with E-state index in [1.807, 2.05) is 0 Å². The SMILES string of the molecule is O=C(O)c1cc(F)c(F)cc1-c1nc2ccc(F)cc2[nH]1. The number of hydrogen-bond donors (Lipinski definition) is 2. The average Bonchev–Trinajstić information content (AvgIpc) is 2.83. The van der Waals surface area contributed by atoms with Crippen LogP contribution in [0.25, 0.3) is 22.4 Å². The standard InChI is InChI=1S/C14H7F3N2O2/c15-6-1-2-11-12(3-6)19-13(18-11)7-4-9(16)10(17)5-8(7)14(20)21/h1-5H,(H,18,19)(H,20,21). The zero-order valence-corrected chi connectivity index (χ0v) is 10.3. The summed E-state index contributed by atoms with van der Waals surface area (Å²) in [7, 11) is 0. The van der Waals surface area contributed by atoms with Gasteiger partial charge in [-0.15, -0.1) is 0 Å². The van der Waals surface area contributed by atoms with E-state index in [-0.39, 0.29) is 11.4 Å². The topological polar surface area (TPSA) is 66.0 Å². The van der Waals surface area contributed by atoms with Gasteiger partial charge in [0.05, 0.1) is 16.6 Å². The highest BCUT2D eigenvalue weighted by Gasteiger charge is 2.19. The highest BCUT2D eigenvalue weighted by atomic mass is 19.2. The number of hydrogen-bond acceptors (Lipinski definition) is 2. The van der Waals surface area contributed by atoms with E-state index >= 15 is 0 Å². The predicted octanol–water partition coefficient (Wildman–Crippen LogP) is 3.35. The summed E-state index contributed by atoms with van der Waals surface area (Å²) in [6, 6.07) is 5.08. The van der Waals surface area contributed by atoms with E-state index in [2.05, 4.69) is 9.97 Å². The molecule has 0 saturated heterocycles. The van der Waals surface area contributed by atoms with Gasteiger partial charge in [-0.1, -0.05) is 0 Å². The Hall–Kier alpha value is -2.83. The smallest absolute Gasteiger partial charge is 0.336 e. The number of carbonyl (C=O) groups is 1. The van der Waals surface area contributed by atoms with Gasteiger partial charge in [-0.05, 0) is 30.3 Å². The van der Waals surface area contributed by atoms with Crippen molar-refractivity contribution in [2.75, 3.05) is 0 Å². The van der Waals surface area contributed by atoms with Gasteiger partial charge in [0, 0.05) is 5.56 Å². The Kier molecular flexibility index (Phi) is 2.90. The quantitative estimate of drug-likeness (QED) is 0.761. The number of carboxylic acid groups (broad SMARTS) is 1. The molecule has 0 fully saturated rings. The van der Waals surface area contributed by atoms with Crippen molar-refractivity contribution >= 4 is 17.0 Å². The zero-order valence-electron chi connectivity index (χ0n) is 10.3. The molecule has 3 aromatic rings. The monoisotopic (exact) mass is 292 g/mol. The number of halogens is 3. The lowest BCUT2D eigenvalue weighted by atomic mass is 10.1. The predicted molar refractivity (Wildman–Crippen MR) is 68.4 cm³/mol. The fraction of sp³-hybridized carbons (Fsp3) is 0. The molecule has 2 aromatic carbocycles. The van der Waals surface area contributed by atoms with Crippen LogP contribution in [0.5, 0.6) is 0 Å². The lowest BCUT2D eigenvalue weighted by molar-refractivity contribution is 0.0697. The molecular weight excluding hydrogens is 285 g/mol. The first-order valence-corrected chi connectivity index (χ1v) is 5.83. The second kappa shape index (κ2) is 4.62. The van der Waals surface area contributed by atoms with E-state index in [9.17, 15) is 18.0 Å². The van der Waals surface area contributed by atoms with Gasteiger partial charge in [-0.25, -0.2) is 22.9 Å². The maximum atomic E-state index is 13.4. The Morgan fingerprint density at radius 2 is 1.81 bits per heavy atom. The summed E-state index contributed by atoms with van der Waals surface area (Å²) in [6.45, 7) is 0. The minimum Gasteiger partial charge on any atom is -0.478 e. The molecule has 3 rings (SSSR count). The summed E-state index contributed by atoms with van der Waals surface area (Å²) < 4.78 is 39.7. The first-order chi connectivity index (χ1) is 9.95. The fourth-order valence-corrected chi connectivity index (χ4v) is 2.03. The van der Waals surface area contributed by atoms with Crippen LogP contribution in [0.2, 0.25) is 0 Å². The average molecular weight is 292 g/mol. The molecule has 0 unspecified atom stereocenters. The Labute approximate surface area is 115 Å². The Morgan fingerprint density at radius 1 is 1.10 bits per heavy atom. The molecule has 0 bridgehead atoms. The summed E-state index contributed by atoms with van der Waals surface area (Å²) in [5, 5.41) is 9.07. The molecule has 0 aliphatic rings. The van der Waals surface area contributed by atoms with E-state index in [1.165, 1.54) is 18.2 Å². The number of nitrogens with one attached hydrogen (secondary N) is 1. The highest BCUT2D eigenvalue weighted by Crippen LogP contribution is 2.26. The van der Waals surface area contributed by atoms with E-state index in [0.717, 1.165) is 6.07 Å². The Morgan fingerprint density at radius 3 is 2.52 bits per heavy atom. The minimum absolute atomic E-state index is 0.0203. The molecule has 1 aromatic heterocycles. The van der Waals surface area contributed by atoms with Gasteiger partial charge in [0.1, 0.15) is 11.6 Å². The normalized spacial score (nSPS) is 11.0. The maximum absolute atomic E-state index is 13.4. The summed E-state index contributed by atoms with van der Waals surface area (Å²) in [4.78, 5) is 17.9. The fourth-order valence-electron chi connectivity index (χ4n) is 2.03. The number of imidazole rings is 1. The molecule has 0 radical (unpaired) electrons. The summed E-state index contributed by atoms with van der Waals surface area (Å²) >= 11 is 0. The van der Waals surface area contributed by atoms with Gasteiger partial charge in [0.15, 0.2) is 11.6 Å². The van der Waals surface area contributed by atoms with Crippen LogP contribution in [0.1, 0.15) is 10.4 Å². The van der Waals surface area contributed by atoms with Crippen LogP contribution < -0.4 is 0 Å². The van der Waals surface area contributed by atoms with E-state index in [1.54, 1.807) is 0 Å². The van der Waals surface area contributed by atoms with Crippen LogP contribution in [-0.2, 0) is 0 Å². The molecular formula is C14H7F3N2O2. The summed E-state index contributed by atoms with van der Waals surface area (Å²) in [6.07, 6.45) is 0. The van der Waals surface area contributed by atoms with Gasteiger partial charge in [0.25, 0.3) is 0 Å². The van der Waals surface area contributed by atoms with E-state index in [0.29, 0.717) is 17.1 Å². The van der Waals surface area contributed by atoms with Crippen molar-refractivity contribution in [3.8, 4) is 11.4 Å². The number of nitrogens with zero attached hydrogens (tertiary/aromatic N) is 1. The van der Waals surface area contributed by atoms with Crippen molar-refractivity contribution in [1.82, 2.24) is 9.97 Å². The van der Waals surface area contributed by atoms with Gasteiger partial charge in [0.2, 0.25) is 0 Å². The second-order valence-electron chi connectivity index (χ2n) is 4.36. The number of aromatic amines is 1. The van der Waals surface area contributed by atoms with Gasteiger partial charge in [-0.3, -0.25) is 0 Å². The lowest BCUT2D eigenvalue weighted by Gasteiger charge is -2.04.